The molecule has 2 aliphatic rings. The SMILES string of the molecule is C#Cc1ccccc1N(C(=O)C[NH2+]S(=O)(=O)c1ccc2c(c1)CC(=O)N2C)C(CC1CC1)B(O)O. The lowest BCUT2D eigenvalue weighted by atomic mass is 9.74. The molecule has 1 aliphatic heterocycles. The zero-order chi connectivity index (χ0) is 25.3. The molecule has 0 bridgehead atoms. The van der Waals surface area contributed by atoms with Crippen LogP contribution in [0.25, 0.3) is 0 Å². The van der Waals surface area contributed by atoms with Crippen molar-refractivity contribution in [3.63, 3.8) is 0 Å². The lowest BCUT2D eigenvalue weighted by Gasteiger charge is -2.32. The average molecular weight is 496 g/mol. The van der Waals surface area contributed by atoms with E-state index < -0.39 is 35.5 Å². The second-order valence-electron chi connectivity index (χ2n) is 8.92. The Balaban J connectivity index is 1.59. The van der Waals surface area contributed by atoms with Crippen LogP contribution < -0.4 is 14.5 Å². The molecule has 4 rings (SSSR count). The van der Waals surface area contributed by atoms with Crippen LogP contribution in [0, 0.1) is 18.3 Å². The number of fused-ring (bicyclic) bond motifs is 1. The molecule has 1 atom stereocenters. The van der Waals surface area contributed by atoms with Crippen molar-refractivity contribution in [3.05, 3.63) is 53.6 Å². The molecular formula is C24H27BN3O6S+. The highest BCUT2D eigenvalue weighted by Gasteiger charge is 2.40. The molecular weight excluding hydrogens is 469 g/mol. The molecule has 1 unspecified atom stereocenters. The van der Waals surface area contributed by atoms with Gasteiger partial charge in [0.05, 0.1) is 18.0 Å². The topological polar surface area (TPSA) is 132 Å². The van der Waals surface area contributed by atoms with Gasteiger partial charge in [-0.05, 0) is 48.2 Å². The summed E-state index contributed by atoms with van der Waals surface area (Å²) < 4.78 is 27.0. The third-order valence-electron chi connectivity index (χ3n) is 6.47. The van der Waals surface area contributed by atoms with Crippen molar-refractivity contribution in [2.75, 3.05) is 23.4 Å². The van der Waals surface area contributed by atoms with Crippen LogP contribution in [0.1, 0.15) is 30.4 Å². The predicted octanol–water partition coefficient (Wildman–Crippen LogP) is -0.347. The molecule has 4 N–H and O–H groups in total. The molecule has 11 heteroatoms. The van der Waals surface area contributed by atoms with Crippen molar-refractivity contribution in [2.45, 2.75) is 36.5 Å². The molecule has 2 aromatic rings. The molecule has 1 saturated carbocycles. The Bertz CT molecular complexity index is 1300. The minimum absolute atomic E-state index is 0.0144. The van der Waals surface area contributed by atoms with Gasteiger partial charge in [0.15, 0.2) is 6.54 Å². The van der Waals surface area contributed by atoms with E-state index in [9.17, 15) is 28.1 Å². The van der Waals surface area contributed by atoms with Crippen molar-refractivity contribution in [1.82, 2.24) is 0 Å². The normalized spacial score (nSPS) is 15.9. The first kappa shape index (κ1) is 24.9. The van der Waals surface area contributed by atoms with Crippen LogP contribution in [0.4, 0.5) is 11.4 Å². The number of carbonyl (C=O) groups excluding carboxylic acids is 2. The van der Waals surface area contributed by atoms with E-state index in [-0.39, 0.29) is 23.1 Å². The number of quaternary nitrogens is 1. The predicted molar refractivity (Wildman–Crippen MR) is 131 cm³/mol. The maximum Gasteiger partial charge on any atom is 0.476 e. The lowest BCUT2D eigenvalue weighted by molar-refractivity contribution is -0.483. The van der Waals surface area contributed by atoms with E-state index >= 15 is 0 Å². The number of primary sulfonamides is 1. The number of hydrogen-bond acceptors (Lipinski definition) is 6. The number of benzene rings is 2. The van der Waals surface area contributed by atoms with Gasteiger partial charge in [0.25, 0.3) is 5.91 Å². The van der Waals surface area contributed by atoms with Gasteiger partial charge in [0.1, 0.15) is 4.90 Å². The third-order valence-corrected chi connectivity index (χ3v) is 7.99. The van der Waals surface area contributed by atoms with Gasteiger partial charge in [0, 0.05) is 18.3 Å². The van der Waals surface area contributed by atoms with Crippen molar-refractivity contribution in [2.24, 2.45) is 5.92 Å². The number of nitrogens with two attached hydrogens (primary N) is 1. The summed E-state index contributed by atoms with van der Waals surface area (Å²) in [6.07, 6.45) is 7.95. The van der Waals surface area contributed by atoms with Crippen LogP contribution in [-0.4, -0.2) is 56.9 Å². The number of likely N-dealkylation sites (N-methyl/N-ethyl adjacent to an activating group) is 1. The van der Waals surface area contributed by atoms with Gasteiger partial charge >= 0.3 is 17.1 Å². The van der Waals surface area contributed by atoms with Gasteiger partial charge in [-0.15, -0.1) is 6.42 Å². The summed E-state index contributed by atoms with van der Waals surface area (Å²) in [7, 11) is -4.16. The average Bonchev–Trinajstić information content (AvgIpc) is 3.61. The fraction of sp³-hybridized carbons (Fsp3) is 0.333. The number of rotatable bonds is 9. The van der Waals surface area contributed by atoms with E-state index in [4.69, 9.17) is 6.42 Å². The van der Waals surface area contributed by atoms with Gasteiger partial charge in [-0.3, -0.25) is 9.59 Å². The molecule has 9 nitrogen and oxygen atoms in total. The van der Waals surface area contributed by atoms with Gasteiger partial charge in [0.2, 0.25) is 5.91 Å². The first-order valence-corrected chi connectivity index (χ1v) is 12.9. The summed E-state index contributed by atoms with van der Waals surface area (Å²) in [6.45, 7) is -0.495. The van der Waals surface area contributed by atoms with Crippen molar-refractivity contribution >= 4 is 40.3 Å². The molecule has 1 aliphatic carbocycles. The molecule has 182 valence electrons. The van der Waals surface area contributed by atoms with Crippen molar-refractivity contribution in [1.29, 1.82) is 0 Å². The standard InChI is InChI=1S/C24H26BN3O6S/c1-3-17-6-4-5-7-21(17)28(22(25(31)32)12-16-8-9-16)24(30)15-26-35(33,34)19-10-11-20-18(13-19)14-23(29)27(20)2/h1,4-7,10-11,13,16,22,26,31-32H,8-9,12,14-15H2,2H3/p+1. The number of anilines is 2. The summed E-state index contributed by atoms with van der Waals surface area (Å²) in [5.74, 6) is 1.05. The lowest BCUT2D eigenvalue weighted by Crippen LogP contribution is -2.89. The third kappa shape index (κ3) is 5.26. The van der Waals surface area contributed by atoms with E-state index in [1.54, 1.807) is 37.4 Å². The van der Waals surface area contributed by atoms with Crippen molar-refractivity contribution in [3.8, 4) is 12.3 Å². The zero-order valence-corrected chi connectivity index (χ0v) is 20.1. The van der Waals surface area contributed by atoms with Crippen molar-refractivity contribution < 1.29 is 32.8 Å². The van der Waals surface area contributed by atoms with Crippen LogP contribution in [0.15, 0.2) is 47.4 Å². The van der Waals surface area contributed by atoms with Crippen LogP contribution in [0.2, 0.25) is 0 Å². The fourth-order valence-electron chi connectivity index (χ4n) is 4.36. The summed E-state index contributed by atoms with van der Waals surface area (Å²) >= 11 is 0. The number of terminal acetylenes is 1. The van der Waals surface area contributed by atoms with E-state index in [1.807, 2.05) is 0 Å². The highest BCUT2D eigenvalue weighted by Crippen LogP contribution is 2.36. The van der Waals surface area contributed by atoms with Crippen LogP contribution in [-0.2, 0) is 26.0 Å². The molecule has 1 heterocycles. The quantitative estimate of drug-likeness (QED) is 0.321. The maximum absolute atomic E-state index is 13.4. The molecule has 2 amide bonds. The second-order valence-corrected chi connectivity index (χ2v) is 10.8. The van der Waals surface area contributed by atoms with Crippen LogP contribution in [0.5, 0.6) is 0 Å². The van der Waals surface area contributed by atoms with Gasteiger partial charge in [-0.25, -0.2) is 4.72 Å². The van der Waals surface area contributed by atoms with E-state index in [0.29, 0.717) is 28.9 Å². The van der Waals surface area contributed by atoms with Crippen LogP contribution in [0.3, 0.4) is 0 Å². The Morgan fingerprint density at radius 2 is 2.00 bits per heavy atom. The molecule has 0 spiro atoms. The number of nitrogens with zero attached hydrogens (tertiary/aromatic N) is 2. The highest BCUT2D eigenvalue weighted by molar-refractivity contribution is 7.84. The molecule has 0 aromatic heterocycles. The maximum atomic E-state index is 13.4. The molecule has 2 aromatic carbocycles. The first-order valence-electron chi connectivity index (χ1n) is 11.3. The monoisotopic (exact) mass is 496 g/mol. The Kier molecular flexibility index (Phi) is 7.01. The largest absolute Gasteiger partial charge is 0.476 e. The molecule has 1 fully saturated rings. The first-order chi connectivity index (χ1) is 16.6. The Morgan fingerprint density at radius 3 is 2.66 bits per heavy atom. The van der Waals surface area contributed by atoms with E-state index in [0.717, 1.165) is 17.6 Å². The fourth-order valence-corrected chi connectivity index (χ4v) is 5.48. The van der Waals surface area contributed by atoms with E-state index in [1.165, 1.54) is 21.9 Å². The van der Waals surface area contributed by atoms with E-state index in [2.05, 4.69) is 5.92 Å². The summed E-state index contributed by atoms with van der Waals surface area (Å²) in [5.41, 5.74) is 1.97. The minimum Gasteiger partial charge on any atom is -0.426 e. The van der Waals surface area contributed by atoms with Gasteiger partial charge in [-0.1, -0.05) is 30.9 Å². The summed E-state index contributed by atoms with van der Waals surface area (Å²) in [4.78, 5) is 28.0. The van der Waals surface area contributed by atoms with Gasteiger partial charge < -0.3 is 19.8 Å². The Morgan fingerprint density at radius 1 is 1.29 bits per heavy atom. The number of sulfonamides is 1. The number of amides is 2. The summed E-state index contributed by atoms with van der Waals surface area (Å²) in [5, 5.41) is 20.2. The second kappa shape index (κ2) is 9.83. The number of carbonyl (C=O) groups is 2. The Labute approximate surface area is 204 Å². The van der Waals surface area contributed by atoms with Crippen LogP contribution >= 0.6 is 0 Å². The number of para-hydroxylation sites is 1. The molecule has 35 heavy (non-hydrogen) atoms. The number of hydrogen-bond donors (Lipinski definition) is 3. The smallest absolute Gasteiger partial charge is 0.426 e. The Hall–Kier alpha value is -3.17. The molecule has 0 saturated heterocycles. The zero-order valence-electron chi connectivity index (χ0n) is 19.3. The molecule has 0 radical (unpaired) electrons. The minimum atomic E-state index is -3.97. The summed E-state index contributed by atoms with van der Waals surface area (Å²) in [6, 6.07) is 11.1. The highest BCUT2D eigenvalue weighted by atomic mass is 32.2. The van der Waals surface area contributed by atoms with Gasteiger partial charge in [-0.2, -0.15) is 8.42 Å².